The Morgan fingerprint density at radius 1 is 1.37 bits per heavy atom. The van der Waals surface area contributed by atoms with Gasteiger partial charge in [-0.15, -0.1) is 0 Å². The fraction of sp³-hybridized carbons (Fsp3) is 0.214. The van der Waals surface area contributed by atoms with E-state index in [4.69, 9.17) is 5.11 Å². The average Bonchev–Trinajstić information content (AvgIpc) is 2.37. The molecule has 0 aliphatic heterocycles. The van der Waals surface area contributed by atoms with Crippen molar-refractivity contribution in [1.82, 2.24) is 9.97 Å². The first-order chi connectivity index (χ1) is 9.02. The molecule has 0 saturated carbocycles. The third-order valence-electron chi connectivity index (χ3n) is 2.80. The molecule has 0 fully saturated rings. The van der Waals surface area contributed by atoms with Gasteiger partial charge >= 0.3 is 5.97 Å². The number of carboxylic acids is 1. The van der Waals surface area contributed by atoms with Crippen LogP contribution in [0.25, 0.3) is 11.4 Å². The predicted octanol–water partition coefficient (Wildman–Crippen LogP) is 2.85. The summed E-state index contributed by atoms with van der Waals surface area (Å²) < 4.78 is 13.2. The van der Waals surface area contributed by atoms with Gasteiger partial charge in [0.15, 0.2) is 5.82 Å². The Bertz CT molecular complexity index is 641. The zero-order chi connectivity index (χ0) is 14.0. The number of rotatable bonds is 3. The summed E-state index contributed by atoms with van der Waals surface area (Å²) in [5.41, 5.74) is 1.51. The highest BCUT2D eigenvalue weighted by Crippen LogP contribution is 2.20. The highest BCUT2D eigenvalue weighted by molar-refractivity contribution is 5.90. The van der Waals surface area contributed by atoms with Gasteiger partial charge in [-0.1, -0.05) is 19.1 Å². The van der Waals surface area contributed by atoms with Gasteiger partial charge in [0, 0.05) is 5.56 Å². The maximum absolute atomic E-state index is 13.2. The van der Waals surface area contributed by atoms with Crippen LogP contribution in [0.15, 0.2) is 24.3 Å². The topological polar surface area (TPSA) is 63.1 Å². The molecular formula is C14H13FN2O2. The van der Waals surface area contributed by atoms with Crippen LogP contribution in [-0.4, -0.2) is 21.0 Å². The van der Waals surface area contributed by atoms with Crippen LogP contribution in [0.1, 0.15) is 28.7 Å². The Morgan fingerprint density at radius 3 is 2.68 bits per heavy atom. The standard InChI is InChI=1S/C14H13FN2O2/c1-3-11-12(14(18)19)8(2)16-13(17-11)9-5-4-6-10(15)7-9/h4-7H,3H2,1-2H3,(H,18,19). The van der Waals surface area contributed by atoms with E-state index in [9.17, 15) is 9.18 Å². The van der Waals surface area contributed by atoms with E-state index in [2.05, 4.69) is 9.97 Å². The molecule has 0 spiro atoms. The van der Waals surface area contributed by atoms with E-state index in [1.54, 1.807) is 19.1 Å². The SMILES string of the molecule is CCc1nc(-c2cccc(F)c2)nc(C)c1C(=O)O. The molecule has 0 radical (unpaired) electrons. The summed E-state index contributed by atoms with van der Waals surface area (Å²) in [5, 5.41) is 9.14. The molecule has 1 aromatic heterocycles. The molecular weight excluding hydrogens is 247 g/mol. The van der Waals surface area contributed by atoms with Gasteiger partial charge in [-0.2, -0.15) is 0 Å². The van der Waals surface area contributed by atoms with Gasteiger partial charge in [0.1, 0.15) is 11.4 Å². The van der Waals surface area contributed by atoms with Crippen LogP contribution in [0, 0.1) is 12.7 Å². The fourth-order valence-electron chi connectivity index (χ4n) is 1.92. The van der Waals surface area contributed by atoms with Crippen LogP contribution in [0.5, 0.6) is 0 Å². The molecule has 1 heterocycles. The minimum absolute atomic E-state index is 0.127. The number of carbonyl (C=O) groups is 1. The summed E-state index contributed by atoms with van der Waals surface area (Å²) >= 11 is 0. The Kier molecular flexibility index (Phi) is 3.55. The van der Waals surface area contributed by atoms with Gasteiger partial charge in [-0.3, -0.25) is 0 Å². The van der Waals surface area contributed by atoms with Crippen LogP contribution in [-0.2, 0) is 6.42 Å². The van der Waals surface area contributed by atoms with Crippen molar-refractivity contribution in [3.05, 3.63) is 47.0 Å². The van der Waals surface area contributed by atoms with Crippen molar-refractivity contribution in [2.24, 2.45) is 0 Å². The van der Waals surface area contributed by atoms with Gasteiger partial charge < -0.3 is 5.11 Å². The van der Waals surface area contributed by atoms with E-state index < -0.39 is 5.97 Å². The Hall–Kier alpha value is -2.30. The zero-order valence-electron chi connectivity index (χ0n) is 10.6. The molecule has 2 aromatic rings. The first-order valence-corrected chi connectivity index (χ1v) is 5.89. The van der Waals surface area contributed by atoms with Gasteiger partial charge in [-0.25, -0.2) is 19.2 Å². The first kappa shape index (κ1) is 13.1. The van der Waals surface area contributed by atoms with Crippen LogP contribution in [0.3, 0.4) is 0 Å². The predicted molar refractivity (Wildman–Crippen MR) is 68.5 cm³/mol. The van der Waals surface area contributed by atoms with E-state index in [1.807, 2.05) is 6.92 Å². The Morgan fingerprint density at radius 2 is 2.11 bits per heavy atom. The lowest BCUT2D eigenvalue weighted by atomic mass is 10.1. The number of aryl methyl sites for hydroxylation is 2. The average molecular weight is 260 g/mol. The molecule has 1 aromatic carbocycles. The summed E-state index contributed by atoms with van der Waals surface area (Å²) in [7, 11) is 0. The quantitative estimate of drug-likeness (QED) is 0.921. The summed E-state index contributed by atoms with van der Waals surface area (Å²) in [4.78, 5) is 19.5. The minimum Gasteiger partial charge on any atom is -0.478 e. The fourth-order valence-corrected chi connectivity index (χ4v) is 1.92. The van der Waals surface area contributed by atoms with E-state index in [0.717, 1.165) is 0 Å². The molecule has 0 saturated heterocycles. The first-order valence-electron chi connectivity index (χ1n) is 5.89. The molecule has 19 heavy (non-hydrogen) atoms. The van der Waals surface area contributed by atoms with Crippen molar-refractivity contribution >= 4 is 5.97 Å². The van der Waals surface area contributed by atoms with Crippen molar-refractivity contribution < 1.29 is 14.3 Å². The number of hydrogen-bond acceptors (Lipinski definition) is 3. The summed E-state index contributed by atoms with van der Waals surface area (Å²) in [6.07, 6.45) is 0.479. The zero-order valence-corrected chi connectivity index (χ0v) is 10.6. The van der Waals surface area contributed by atoms with Gasteiger partial charge in [0.2, 0.25) is 0 Å². The lowest BCUT2D eigenvalue weighted by Crippen LogP contribution is -2.10. The van der Waals surface area contributed by atoms with Crippen molar-refractivity contribution in [2.75, 3.05) is 0 Å². The van der Waals surface area contributed by atoms with Gasteiger partial charge in [0.25, 0.3) is 0 Å². The van der Waals surface area contributed by atoms with Crippen molar-refractivity contribution in [3.8, 4) is 11.4 Å². The number of benzene rings is 1. The summed E-state index contributed by atoms with van der Waals surface area (Å²) in [6.45, 7) is 3.44. The van der Waals surface area contributed by atoms with Crippen molar-refractivity contribution in [3.63, 3.8) is 0 Å². The number of carboxylic acid groups (broad SMARTS) is 1. The van der Waals surface area contributed by atoms with E-state index >= 15 is 0 Å². The second-order valence-electron chi connectivity index (χ2n) is 4.12. The monoisotopic (exact) mass is 260 g/mol. The molecule has 4 nitrogen and oxygen atoms in total. The van der Waals surface area contributed by atoms with E-state index in [-0.39, 0.29) is 11.4 Å². The number of hydrogen-bond donors (Lipinski definition) is 1. The van der Waals surface area contributed by atoms with Crippen LogP contribution in [0.4, 0.5) is 4.39 Å². The third kappa shape index (κ3) is 2.59. The molecule has 0 aliphatic carbocycles. The largest absolute Gasteiger partial charge is 0.478 e. The van der Waals surface area contributed by atoms with E-state index in [1.165, 1.54) is 12.1 Å². The molecule has 0 unspecified atom stereocenters. The van der Waals surface area contributed by atoms with Gasteiger partial charge in [-0.05, 0) is 25.5 Å². The Balaban J connectivity index is 2.61. The van der Waals surface area contributed by atoms with Crippen LogP contribution >= 0.6 is 0 Å². The summed E-state index contributed by atoms with van der Waals surface area (Å²) in [5.74, 6) is -1.07. The van der Waals surface area contributed by atoms with Crippen LogP contribution < -0.4 is 0 Å². The van der Waals surface area contributed by atoms with Gasteiger partial charge in [0.05, 0.1) is 11.4 Å². The molecule has 0 aliphatic rings. The van der Waals surface area contributed by atoms with Crippen molar-refractivity contribution in [2.45, 2.75) is 20.3 Å². The lowest BCUT2D eigenvalue weighted by Gasteiger charge is -2.09. The third-order valence-corrected chi connectivity index (χ3v) is 2.80. The smallest absolute Gasteiger partial charge is 0.339 e. The molecule has 5 heteroatoms. The lowest BCUT2D eigenvalue weighted by molar-refractivity contribution is 0.0694. The molecule has 1 N–H and O–H groups in total. The number of aromatic carboxylic acids is 1. The number of nitrogens with zero attached hydrogens (tertiary/aromatic N) is 2. The molecule has 98 valence electrons. The second kappa shape index (κ2) is 5.14. The molecule has 0 atom stereocenters. The maximum Gasteiger partial charge on any atom is 0.339 e. The highest BCUT2D eigenvalue weighted by atomic mass is 19.1. The number of aromatic nitrogens is 2. The Labute approximate surface area is 110 Å². The normalized spacial score (nSPS) is 10.5. The van der Waals surface area contributed by atoms with Crippen LogP contribution in [0.2, 0.25) is 0 Å². The number of halogens is 1. The molecule has 2 rings (SSSR count). The molecule has 0 bridgehead atoms. The maximum atomic E-state index is 13.2. The second-order valence-corrected chi connectivity index (χ2v) is 4.12. The minimum atomic E-state index is -1.04. The van der Waals surface area contributed by atoms with Crippen molar-refractivity contribution in [1.29, 1.82) is 0 Å². The summed E-state index contributed by atoms with van der Waals surface area (Å²) in [6, 6.07) is 5.93. The molecule has 0 amide bonds. The highest BCUT2D eigenvalue weighted by Gasteiger charge is 2.17. The van der Waals surface area contributed by atoms with E-state index in [0.29, 0.717) is 29.2 Å².